The molecule has 1 amide bonds. The average Bonchev–Trinajstić information content (AvgIpc) is 3.43. The minimum atomic E-state index is -0.364. The number of rotatable bonds is 6. The van der Waals surface area contributed by atoms with Crippen LogP contribution in [0.4, 0.5) is 15.1 Å². The Balaban J connectivity index is 1.37. The molecule has 2 fully saturated rings. The molecule has 3 heterocycles. The number of carbonyl (C=O) groups is 1. The van der Waals surface area contributed by atoms with Crippen LogP contribution in [0, 0.1) is 5.82 Å². The summed E-state index contributed by atoms with van der Waals surface area (Å²) in [5.74, 6) is 0.124. The Morgan fingerprint density at radius 2 is 1.83 bits per heavy atom. The number of ether oxygens (including phenoxy) is 1. The van der Waals surface area contributed by atoms with Gasteiger partial charge < -0.3 is 15.0 Å². The summed E-state index contributed by atoms with van der Waals surface area (Å²) in [6.07, 6.45) is 6.82. The zero-order valence-electron chi connectivity index (χ0n) is 19.9. The fraction of sp³-hybridized carbons (Fsp3) is 0.440. The molecule has 1 aliphatic carbocycles. The number of benzene rings is 1. The van der Waals surface area contributed by atoms with Crippen molar-refractivity contribution >= 4 is 12.0 Å². The fourth-order valence-corrected chi connectivity index (χ4v) is 4.88. The number of hydrogen-bond acceptors (Lipinski definition) is 6. The highest BCUT2D eigenvalue weighted by Crippen LogP contribution is 2.28. The van der Waals surface area contributed by atoms with Crippen LogP contribution in [0.15, 0.2) is 47.5 Å². The van der Waals surface area contributed by atoms with Crippen molar-refractivity contribution in [2.75, 3.05) is 18.5 Å². The average molecular weight is 481 g/mol. The number of anilines is 1. The Morgan fingerprint density at radius 1 is 1.09 bits per heavy atom. The Kier molecular flexibility index (Phi) is 6.27. The maximum atomic E-state index is 13.5. The summed E-state index contributed by atoms with van der Waals surface area (Å²) in [5, 5.41) is 3.42. The van der Waals surface area contributed by atoms with Crippen molar-refractivity contribution in [3.05, 3.63) is 59.0 Å². The van der Waals surface area contributed by atoms with Gasteiger partial charge in [0.15, 0.2) is 0 Å². The molecule has 1 N–H and O–H groups in total. The summed E-state index contributed by atoms with van der Waals surface area (Å²) in [6, 6.07) is 7.97. The van der Waals surface area contributed by atoms with Crippen LogP contribution in [0.5, 0.6) is 0 Å². The SMILES string of the molecule is CC(C)n1cc(-c2ccnc(NC3CCC(N4CCOC4=O)CC3)n2)n(-c2ccc(F)cc2)c1=O. The van der Waals surface area contributed by atoms with Crippen LogP contribution >= 0.6 is 0 Å². The van der Waals surface area contributed by atoms with Crippen LogP contribution in [0.25, 0.3) is 17.1 Å². The number of carbonyl (C=O) groups excluding carboxylic acids is 1. The molecule has 1 aliphatic heterocycles. The molecule has 5 rings (SSSR count). The van der Waals surface area contributed by atoms with Crippen molar-refractivity contribution in [2.45, 2.75) is 57.7 Å². The van der Waals surface area contributed by atoms with E-state index in [0.717, 1.165) is 25.7 Å². The van der Waals surface area contributed by atoms with Crippen molar-refractivity contribution in [3.8, 4) is 17.1 Å². The molecule has 1 aromatic carbocycles. The first kappa shape index (κ1) is 23.1. The second-order valence-electron chi connectivity index (χ2n) is 9.33. The fourth-order valence-electron chi connectivity index (χ4n) is 4.88. The molecule has 1 saturated carbocycles. The largest absolute Gasteiger partial charge is 0.448 e. The smallest absolute Gasteiger partial charge is 0.410 e. The van der Waals surface area contributed by atoms with Crippen LogP contribution < -0.4 is 11.0 Å². The van der Waals surface area contributed by atoms with E-state index in [0.29, 0.717) is 36.2 Å². The summed E-state index contributed by atoms with van der Waals surface area (Å²) in [6.45, 7) is 5.01. The molecule has 0 atom stereocenters. The highest BCUT2D eigenvalue weighted by Gasteiger charge is 2.33. The molecule has 2 aliphatic rings. The monoisotopic (exact) mass is 480 g/mol. The van der Waals surface area contributed by atoms with E-state index in [9.17, 15) is 14.0 Å². The summed E-state index contributed by atoms with van der Waals surface area (Å²) >= 11 is 0. The Hall–Kier alpha value is -3.69. The van der Waals surface area contributed by atoms with Crippen molar-refractivity contribution in [2.24, 2.45) is 0 Å². The van der Waals surface area contributed by atoms with E-state index in [-0.39, 0.29) is 35.7 Å². The number of hydrogen-bond donors (Lipinski definition) is 1. The van der Waals surface area contributed by atoms with Gasteiger partial charge in [-0.05, 0) is 69.9 Å². The second kappa shape index (κ2) is 9.52. The van der Waals surface area contributed by atoms with E-state index in [1.807, 2.05) is 18.7 Å². The van der Waals surface area contributed by atoms with Crippen molar-refractivity contribution in [1.82, 2.24) is 24.0 Å². The highest BCUT2D eigenvalue weighted by atomic mass is 19.1. The van der Waals surface area contributed by atoms with Gasteiger partial charge in [0.1, 0.15) is 12.4 Å². The molecule has 0 radical (unpaired) electrons. The summed E-state index contributed by atoms with van der Waals surface area (Å²) in [4.78, 5) is 36.0. The van der Waals surface area contributed by atoms with E-state index in [1.54, 1.807) is 39.7 Å². The van der Waals surface area contributed by atoms with E-state index in [2.05, 4.69) is 10.3 Å². The third-order valence-electron chi connectivity index (χ3n) is 6.74. The molecule has 1 saturated heterocycles. The van der Waals surface area contributed by atoms with Gasteiger partial charge in [0.05, 0.1) is 23.6 Å². The predicted molar refractivity (Wildman–Crippen MR) is 129 cm³/mol. The van der Waals surface area contributed by atoms with Gasteiger partial charge in [-0.2, -0.15) is 0 Å². The van der Waals surface area contributed by atoms with Crippen LogP contribution in [-0.2, 0) is 4.74 Å². The predicted octanol–water partition coefficient (Wildman–Crippen LogP) is 3.99. The number of amides is 1. The molecule has 2 aromatic heterocycles. The van der Waals surface area contributed by atoms with Crippen LogP contribution in [0.1, 0.15) is 45.6 Å². The molecule has 3 aromatic rings. The molecule has 184 valence electrons. The third-order valence-corrected chi connectivity index (χ3v) is 6.74. The lowest BCUT2D eigenvalue weighted by molar-refractivity contribution is 0.138. The van der Waals surface area contributed by atoms with E-state index < -0.39 is 0 Å². The normalized spacial score (nSPS) is 20.3. The van der Waals surface area contributed by atoms with Gasteiger partial charge in [-0.3, -0.25) is 9.13 Å². The van der Waals surface area contributed by atoms with Crippen LogP contribution in [0.3, 0.4) is 0 Å². The van der Waals surface area contributed by atoms with E-state index >= 15 is 0 Å². The topological polar surface area (TPSA) is 94.3 Å². The van der Waals surface area contributed by atoms with Crippen molar-refractivity contribution in [3.63, 3.8) is 0 Å². The lowest BCUT2D eigenvalue weighted by atomic mass is 9.90. The molecule has 35 heavy (non-hydrogen) atoms. The van der Waals surface area contributed by atoms with Gasteiger partial charge in [0.2, 0.25) is 5.95 Å². The Bertz CT molecular complexity index is 1260. The summed E-state index contributed by atoms with van der Waals surface area (Å²) in [7, 11) is 0. The Morgan fingerprint density at radius 3 is 2.49 bits per heavy atom. The standard InChI is InChI=1S/C25H29FN6O3/c1-16(2)31-15-22(32(24(31)33)20-7-3-17(26)4-8-20)21-11-12-27-23(29-21)28-18-5-9-19(10-6-18)30-13-14-35-25(30)34/h3-4,7-8,11-12,15-16,18-19H,5-6,9-10,13-14H2,1-2H3,(H,27,28,29). The van der Waals surface area contributed by atoms with Crippen molar-refractivity contribution < 1.29 is 13.9 Å². The molecule has 0 spiro atoms. The molecule has 9 nitrogen and oxygen atoms in total. The van der Waals surface area contributed by atoms with Gasteiger partial charge in [0, 0.05) is 30.5 Å². The number of nitrogens with zero attached hydrogens (tertiary/aromatic N) is 5. The first-order valence-electron chi connectivity index (χ1n) is 12.0. The van der Waals surface area contributed by atoms with Crippen molar-refractivity contribution in [1.29, 1.82) is 0 Å². The Labute approximate surface area is 202 Å². The first-order valence-corrected chi connectivity index (χ1v) is 12.0. The van der Waals surface area contributed by atoms with Gasteiger partial charge in [-0.25, -0.2) is 23.9 Å². The van der Waals surface area contributed by atoms with Crippen LogP contribution in [-0.4, -0.2) is 55.3 Å². The van der Waals surface area contributed by atoms with Gasteiger partial charge in [0.25, 0.3) is 0 Å². The molecule has 0 bridgehead atoms. The van der Waals surface area contributed by atoms with Gasteiger partial charge >= 0.3 is 11.8 Å². The zero-order chi connectivity index (χ0) is 24.5. The molecular weight excluding hydrogens is 451 g/mol. The van der Waals surface area contributed by atoms with Gasteiger partial charge in [-0.1, -0.05) is 0 Å². The number of aromatic nitrogens is 4. The van der Waals surface area contributed by atoms with Gasteiger partial charge in [-0.15, -0.1) is 0 Å². The van der Waals surface area contributed by atoms with E-state index in [1.165, 1.54) is 12.1 Å². The van der Waals surface area contributed by atoms with Crippen LogP contribution in [0.2, 0.25) is 0 Å². The quantitative estimate of drug-likeness (QED) is 0.573. The minimum Gasteiger partial charge on any atom is -0.448 e. The summed E-state index contributed by atoms with van der Waals surface area (Å²) < 4.78 is 21.8. The molecule has 0 unspecified atom stereocenters. The first-order chi connectivity index (χ1) is 16.9. The lowest BCUT2D eigenvalue weighted by Crippen LogP contribution is -2.41. The number of nitrogens with one attached hydrogen (secondary N) is 1. The number of imidazole rings is 1. The summed E-state index contributed by atoms with van der Waals surface area (Å²) in [5.41, 5.74) is 1.56. The number of cyclic esters (lactones) is 1. The lowest BCUT2D eigenvalue weighted by Gasteiger charge is -2.33. The zero-order valence-corrected chi connectivity index (χ0v) is 19.9. The maximum Gasteiger partial charge on any atom is 0.410 e. The maximum absolute atomic E-state index is 13.5. The molecule has 10 heteroatoms. The highest BCUT2D eigenvalue weighted by molar-refractivity contribution is 5.69. The molecular formula is C25H29FN6O3. The third kappa shape index (κ3) is 4.65. The second-order valence-corrected chi connectivity index (χ2v) is 9.33. The number of halogens is 1. The van der Waals surface area contributed by atoms with E-state index in [4.69, 9.17) is 9.72 Å². The minimum absolute atomic E-state index is 0.0505.